The first-order valence-electron chi connectivity index (χ1n) is 0.919. The Bertz CT molecular complexity index is 133. The van der Waals surface area contributed by atoms with Crippen molar-refractivity contribution in [3.8, 4) is 0 Å². The molecule has 176 valence electrons. The summed E-state index contributed by atoms with van der Waals surface area (Å²) in [6.07, 6.45) is 0. The molecule has 0 atom stereocenters. The minimum atomic E-state index is -5.17. The van der Waals surface area contributed by atoms with E-state index in [2.05, 4.69) is 0 Å². The van der Waals surface area contributed by atoms with E-state index in [-0.39, 0.29) is 164 Å². The summed E-state index contributed by atoms with van der Waals surface area (Å²) in [4.78, 5) is 0. The first kappa shape index (κ1) is 218. The van der Waals surface area contributed by atoms with Gasteiger partial charge in [0.15, 0.2) is 0 Å². The molecule has 0 bridgehead atoms. The van der Waals surface area contributed by atoms with Gasteiger partial charge in [0, 0.05) is 10.4 Å². The molecule has 24 heteroatoms. The molecule has 0 saturated heterocycles. The van der Waals surface area contributed by atoms with Crippen molar-refractivity contribution < 1.29 is 194 Å². The third-order valence-electron chi connectivity index (χ3n) is 0. The largest absolute Gasteiger partial charge is 2.00 e. The molecule has 0 amide bonds. The second-order valence-electron chi connectivity index (χ2n) is 0.456. The summed E-state index contributed by atoms with van der Waals surface area (Å²) in [6, 6.07) is 0. The molecular weight excluding hydrogens is 663 g/mol. The Balaban J connectivity index is -0.00000000115. The molecule has 26 N–H and O–H groups in total. The molecule has 24 heavy (non-hydrogen) atoms. The Labute approximate surface area is 221 Å². The van der Waals surface area contributed by atoms with Crippen LogP contribution >= 0.6 is 20.3 Å². The van der Waals surface area contributed by atoms with Crippen molar-refractivity contribution in [2.45, 2.75) is 0 Å². The molecule has 0 aromatic rings. The van der Waals surface area contributed by atoms with Gasteiger partial charge in [-0.2, -0.15) is 0 Å². The van der Waals surface area contributed by atoms with Crippen LogP contribution in [0.25, 0.3) is 0 Å². The molecule has 1 radical (unpaired) electrons. The van der Waals surface area contributed by atoms with Gasteiger partial charge < -0.3 is 104 Å². The van der Waals surface area contributed by atoms with Gasteiger partial charge in [0.2, 0.25) is 0 Å². The van der Waals surface area contributed by atoms with Crippen LogP contribution in [0.3, 0.4) is 0 Å². The molecule has 0 fully saturated rings. The van der Waals surface area contributed by atoms with Crippen LogP contribution in [0.5, 0.6) is 0 Å². The van der Waals surface area contributed by atoms with E-state index in [4.69, 9.17) is 37.8 Å². The number of halogens is 3. The average molecular weight is 690 g/mol. The smallest absolute Gasteiger partial charge is 1.00 e. The molecule has 0 aliphatic rings. The molecule has 0 saturated carbocycles. The maximum atomic E-state index is 8.52. The molecule has 0 unspecified atom stereocenters. The van der Waals surface area contributed by atoms with E-state index in [1.54, 1.807) is 0 Å². The summed E-state index contributed by atoms with van der Waals surface area (Å²) in [6.45, 7) is 0. The second-order valence-corrected chi connectivity index (χ2v) is 2.99. The van der Waals surface area contributed by atoms with Gasteiger partial charge in [0.05, 0.1) is 0 Å². The second kappa shape index (κ2) is 158. The van der Waals surface area contributed by atoms with Gasteiger partial charge in [-0.15, -0.1) is 0 Å². The molecule has 0 spiro atoms. The van der Waals surface area contributed by atoms with Crippen LogP contribution in [0.2, 0.25) is 0 Å². The zero-order chi connectivity index (χ0) is 7.21. The van der Waals surface area contributed by atoms with Crippen molar-refractivity contribution in [2.24, 2.45) is 0 Å². The summed E-state index contributed by atoms with van der Waals surface area (Å²) in [5.74, 6) is 0. The molecule has 17 nitrogen and oxygen atoms in total. The zero-order valence-corrected chi connectivity index (χ0v) is 20.9. The molecule has 0 rings (SSSR count). The Hall–Kier alpha value is 3.32. The Morgan fingerprint density at radius 2 is 0.583 bits per heavy atom. The average Bonchev–Trinajstić information content (AvgIpc) is 1.27. The summed E-state index contributed by atoms with van der Waals surface area (Å²) in [5.41, 5.74) is 0. The molecular formula is H26Cl2CoCuIKO17S. The first-order chi connectivity index (χ1) is 3.41. The maximum absolute atomic E-state index is 8.52. The Kier molecular flexibility index (Phi) is 1440. The van der Waals surface area contributed by atoms with Crippen LogP contribution in [-0.4, -0.2) is 88.7 Å². The van der Waals surface area contributed by atoms with Gasteiger partial charge in [0.25, 0.3) is 0 Å². The van der Waals surface area contributed by atoms with E-state index >= 15 is 0 Å². The fraction of sp³-hybridized carbons (Fsp3) is 0. The zero-order valence-electron chi connectivity index (χ0n) is 11.3. The monoisotopic (exact) mass is 688 g/mol. The summed E-state index contributed by atoms with van der Waals surface area (Å²) in [7, 11) is 4.30. The van der Waals surface area contributed by atoms with Gasteiger partial charge in [-0.1, -0.05) is 0 Å². The molecule has 0 aliphatic heterocycles. The van der Waals surface area contributed by atoms with Crippen LogP contribution in [0.4, 0.5) is 0 Å². The van der Waals surface area contributed by atoms with Gasteiger partial charge >= 0.3 is 102 Å². The van der Waals surface area contributed by atoms with E-state index in [0.717, 1.165) is 0 Å². The fourth-order valence-electron chi connectivity index (χ4n) is 0. The topological polar surface area (TPSA) is 490 Å². The van der Waals surface area contributed by atoms with Crippen molar-refractivity contribution in [2.75, 3.05) is 0 Å². The van der Waals surface area contributed by atoms with Crippen LogP contribution in [0.1, 0.15) is 0 Å². The molecule has 0 aromatic carbocycles. The SMILES string of the molecule is O.O.O.O.O.O.O.O.O.O.O.O.O.O=S(=O)([O-])[O-].[Cl][Co][Cl].[Cu+2].[I-].[K+]. The fourth-order valence-corrected chi connectivity index (χ4v) is 0. The van der Waals surface area contributed by atoms with Gasteiger partial charge in [-0.05, 0) is 0 Å². The number of hydrogen-bond donors (Lipinski definition) is 0. The van der Waals surface area contributed by atoms with Crippen molar-refractivity contribution in [1.29, 1.82) is 0 Å². The van der Waals surface area contributed by atoms with Gasteiger partial charge in [-0.25, -0.2) is 0 Å². The number of hydrogen-bond acceptors (Lipinski definition) is 4. The third kappa shape index (κ3) is 1360. The van der Waals surface area contributed by atoms with Crippen molar-refractivity contribution in [3.63, 3.8) is 0 Å². The molecule has 0 aliphatic carbocycles. The minimum Gasteiger partial charge on any atom is -1.00 e. The molecule has 0 heterocycles. The Morgan fingerprint density at radius 3 is 0.583 bits per heavy atom. The van der Waals surface area contributed by atoms with Gasteiger partial charge in [-0.3, -0.25) is 8.42 Å². The summed E-state index contributed by atoms with van der Waals surface area (Å²) < 4.78 is 34.1. The molecule has 0 aromatic heterocycles. The van der Waals surface area contributed by atoms with Crippen molar-refractivity contribution in [3.05, 3.63) is 0 Å². The predicted octanol–water partition coefficient (Wildman–Crippen LogP) is -16.7. The quantitative estimate of drug-likeness (QED) is 0.103. The number of rotatable bonds is 0. The third-order valence-corrected chi connectivity index (χ3v) is 0. The Morgan fingerprint density at radius 1 is 0.583 bits per heavy atom. The van der Waals surface area contributed by atoms with Crippen LogP contribution < -0.4 is 75.4 Å². The van der Waals surface area contributed by atoms with Crippen molar-refractivity contribution >= 4 is 30.7 Å². The minimum absolute atomic E-state index is 0. The summed E-state index contributed by atoms with van der Waals surface area (Å²) >= 11 is 0.382. The van der Waals surface area contributed by atoms with E-state index in [0.29, 0.717) is 12.9 Å². The van der Waals surface area contributed by atoms with Crippen LogP contribution in [-0.2, 0) is 40.4 Å². The van der Waals surface area contributed by atoms with E-state index in [1.807, 2.05) is 0 Å². The standard InChI is InChI=1S/2ClH.Co.Cu.HI.K.H2O4S.13H2O/c;;;;;;1-5(2,3)4;;;;;;;;;;;;;/h2*1H;;;1H;;(H2,1,2,3,4);13*1H2/q;;2*+2;;+1;;;;;;;;;;;;;;/p-5. The maximum Gasteiger partial charge on any atom is 2.00 e. The first-order valence-corrected chi connectivity index (χ1v) is 5.12. The van der Waals surface area contributed by atoms with Crippen LogP contribution in [0.15, 0.2) is 0 Å². The van der Waals surface area contributed by atoms with E-state index in [9.17, 15) is 0 Å². The van der Waals surface area contributed by atoms with Gasteiger partial charge in [0.1, 0.15) is 0 Å². The van der Waals surface area contributed by atoms with E-state index in [1.165, 1.54) is 0 Å². The predicted molar refractivity (Wildman–Crippen MR) is 69.2 cm³/mol. The van der Waals surface area contributed by atoms with Crippen molar-refractivity contribution in [1.82, 2.24) is 0 Å². The summed E-state index contributed by atoms with van der Waals surface area (Å²) in [5, 5.41) is 0. The normalized spacial score (nSPS) is 3.33. The van der Waals surface area contributed by atoms with E-state index < -0.39 is 10.4 Å². The van der Waals surface area contributed by atoms with Crippen LogP contribution in [0, 0.1) is 0 Å².